The molecule has 0 unspecified atom stereocenters. The molecular weight excluding hydrogens is 208 g/mol. The fourth-order valence-electron chi connectivity index (χ4n) is 1.33. The van der Waals surface area contributed by atoms with Crippen LogP contribution in [0.4, 0.5) is 0 Å². The summed E-state index contributed by atoms with van der Waals surface area (Å²) >= 11 is 0. The minimum atomic E-state index is -0.591. The van der Waals surface area contributed by atoms with Gasteiger partial charge in [-0.05, 0) is 27.2 Å². The predicted molar refractivity (Wildman–Crippen MR) is 60.9 cm³/mol. The van der Waals surface area contributed by atoms with Gasteiger partial charge in [-0.3, -0.25) is 4.79 Å². The van der Waals surface area contributed by atoms with Crippen molar-refractivity contribution in [3.8, 4) is 0 Å². The van der Waals surface area contributed by atoms with E-state index in [9.17, 15) is 9.59 Å². The van der Waals surface area contributed by atoms with Gasteiger partial charge in [-0.1, -0.05) is 6.92 Å². The molecule has 0 saturated heterocycles. The number of esters is 1. The molecule has 0 rings (SSSR count). The SMILES string of the molecule is CCCC(OCC)=C(C(C)=O)C(=O)OCC. The summed E-state index contributed by atoms with van der Waals surface area (Å²) < 4.78 is 10.2. The molecule has 0 atom stereocenters. The van der Waals surface area contributed by atoms with Crippen LogP contribution in [-0.2, 0) is 19.1 Å². The lowest BCUT2D eigenvalue weighted by molar-refractivity contribution is -0.140. The van der Waals surface area contributed by atoms with E-state index < -0.39 is 5.97 Å². The number of carbonyl (C=O) groups excluding carboxylic acids is 2. The number of allylic oxidation sites excluding steroid dienone is 1. The van der Waals surface area contributed by atoms with Gasteiger partial charge in [0.25, 0.3) is 0 Å². The van der Waals surface area contributed by atoms with Crippen molar-refractivity contribution in [2.45, 2.75) is 40.5 Å². The van der Waals surface area contributed by atoms with Gasteiger partial charge in [-0.15, -0.1) is 0 Å². The minimum Gasteiger partial charge on any atom is -0.497 e. The standard InChI is InChI=1S/C12H20O4/c1-5-8-10(15-6-2)11(9(4)13)12(14)16-7-3/h5-8H2,1-4H3. The molecule has 0 fully saturated rings. The Kier molecular flexibility index (Phi) is 7.25. The highest BCUT2D eigenvalue weighted by Crippen LogP contribution is 2.15. The fourth-order valence-corrected chi connectivity index (χ4v) is 1.33. The van der Waals surface area contributed by atoms with Crippen LogP contribution in [0.25, 0.3) is 0 Å². The second kappa shape index (κ2) is 7.91. The maximum atomic E-state index is 11.6. The molecule has 4 nitrogen and oxygen atoms in total. The average molecular weight is 228 g/mol. The molecule has 0 radical (unpaired) electrons. The maximum absolute atomic E-state index is 11.6. The van der Waals surface area contributed by atoms with Crippen LogP contribution in [0.2, 0.25) is 0 Å². The third kappa shape index (κ3) is 4.47. The van der Waals surface area contributed by atoms with Crippen LogP contribution in [0.1, 0.15) is 40.5 Å². The average Bonchev–Trinajstić information content (AvgIpc) is 2.18. The molecule has 4 heteroatoms. The van der Waals surface area contributed by atoms with E-state index in [2.05, 4.69) is 0 Å². The Morgan fingerprint density at radius 2 is 1.56 bits per heavy atom. The van der Waals surface area contributed by atoms with E-state index in [0.29, 0.717) is 18.8 Å². The van der Waals surface area contributed by atoms with Gasteiger partial charge in [0, 0.05) is 6.42 Å². The molecule has 0 aromatic rings. The molecule has 0 aliphatic carbocycles. The largest absolute Gasteiger partial charge is 0.497 e. The lowest BCUT2D eigenvalue weighted by atomic mass is 10.1. The summed E-state index contributed by atoms with van der Waals surface area (Å²) in [6.45, 7) is 7.52. The predicted octanol–water partition coefficient (Wildman–Crippen LogP) is 2.23. The Balaban J connectivity index is 5.12. The van der Waals surface area contributed by atoms with E-state index in [1.807, 2.05) is 13.8 Å². The third-order valence-corrected chi connectivity index (χ3v) is 1.91. The number of Topliss-reactive ketones (excluding diaryl/α,β-unsaturated/α-hetero) is 1. The lowest BCUT2D eigenvalue weighted by Gasteiger charge is -2.12. The molecule has 0 bridgehead atoms. The first kappa shape index (κ1) is 14.7. The van der Waals surface area contributed by atoms with Crippen molar-refractivity contribution in [2.75, 3.05) is 13.2 Å². The number of carbonyl (C=O) groups is 2. The molecule has 0 aromatic heterocycles. The van der Waals surface area contributed by atoms with Gasteiger partial charge in [0.05, 0.1) is 13.2 Å². The van der Waals surface area contributed by atoms with Crippen molar-refractivity contribution in [2.24, 2.45) is 0 Å². The Morgan fingerprint density at radius 1 is 1.00 bits per heavy atom. The highest BCUT2D eigenvalue weighted by Gasteiger charge is 2.21. The zero-order valence-corrected chi connectivity index (χ0v) is 10.5. The lowest BCUT2D eigenvalue weighted by Crippen LogP contribution is -2.17. The fraction of sp³-hybridized carbons (Fsp3) is 0.667. The third-order valence-electron chi connectivity index (χ3n) is 1.91. The normalized spacial score (nSPS) is 11.8. The van der Waals surface area contributed by atoms with E-state index in [1.165, 1.54) is 6.92 Å². The molecule has 0 amide bonds. The number of hydrogen-bond donors (Lipinski definition) is 0. The molecule has 0 heterocycles. The number of ketones is 1. The van der Waals surface area contributed by atoms with Gasteiger partial charge in [0.2, 0.25) is 0 Å². The molecule has 0 aromatic carbocycles. The highest BCUT2D eigenvalue weighted by molar-refractivity contribution is 6.16. The van der Waals surface area contributed by atoms with E-state index in [-0.39, 0.29) is 18.0 Å². The van der Waals surface area contributed by atoms with Gasteiger partial charge in [0.15, 0.2) is 5.78 Å². The van der Waals surface area contributed by atoms with Gasteiger partial charge >= 0.3 is 5.97 Å². The Labute approximate surface area is 96.6 Å². The quantitative estimate of drug-likeness (QED) is 0.220. The first-order valence-electron chi connectivity index (χ1n) is 5.62. The zero-order chi connectivity index (χ0) is 12.6. The monoisotopic (exact) mass is 228 g/mol. The number of hydrogen-bond acceptors (Lipinski definition) is 4. The van der Waals surface area contributed by atoms with Crippen molar-refractivity contribution in [1.29, 1.82) is 0 Å². The Morgan fingerprint density at radius 3 is 1.94 bits per heavy atom. The summed E-state index contributed by atoms with van der Waals surface area (Å²) in [5.41, 5.74) is 0.0468. The summed E-state index contributed by atoms with van der Waals surface area (Å²) in [7, 11) is 0. The highest BCUT2D eigenvalue weighted by atomic mass is 16.5. The summed E-state index contributed by atoms with van der Waals surface area (Å²) in [5, 5.41) is 0. The van der Waals surface area contributed by atoms with Crippen molar-refractivity contribution in [3.63, 3.8) is 0 Å². The molecule has 0 aliphatic rings. The Bertz CT molecular complexity index is 271. The summed E-state index contributed by atoms with van der Waals surface area (Å²) in [6, 6.07) is 0. The molecular formula is C12H20O4. The zero-order valence-electron chi connectivity index (χ0n) is 10.5. The van der Waals surface area contributed by atoms with Crippen LogP contribution < -0.4 is 0 Å². The molecule has 0 aliphatic heterocycles. The topological polar surface area (TPSA) is 52.6 Å². The smallest absolute Gasteiger partial charge is 0.345 e. The molecule has 0 N–H and O–H groups in total. The second-order valence-corrected chi connectivity index (χ2v) is 3.26. The second-order valence-electron chi connectivity index (χ2n) is 3.26. The van der Waals surface area contributed by atoms with Gasteiger partial charge < -0.3 is 9.47 Å². The maximum Gasteiger partial charge on any atom is 0.345 e. The number of ether oxygens (including phenoxy) is 2. The first-order chi connectivity index (χ1) is 7.58. The van der Waals surface area contributed by atoms with Crippen LogP contribution in [0.3, 0.4) is 0 Å². The Hall–Kier alpha value is -1.32. The van der Waals surface area contributed by atoms with Crippen molar-refractivity contribution in [1.82, 2.24) is 0 Å². The summed E-state index contributed by atoms with van der Waals surface area (Å²) in [6.07, 6.45) is 1.38. The number of rotatable bonds is 7. The van der Waals surface area contributed by atoms with E-state index in [0.717, 1.165) is 6.42 Å². The minimum absolute atomic E-state index is 0.0468. The van der Waals surface area contributed by atoms with E-state index in [4.69, 9.17) is 9.47 Å². The van der Waals surface area contributed by atoms with Gasteiger partial charge in [0.1, 0.15) is 11.3 Å². The van der Waals surface area contributed by atoms with Crippen LogP contribution in [0.5, 0.6) is 0 Å². The van der Waals surface area contributed by atoms with Crippen LogP contribution in [0, 0.1) is 0 Å². The van der Waals surface area contributed by atoms with Crippen LogP contribution >= 0.6 is 0 Å². The molecule has 0 saturated carbocycles. The molecule has 16 heavy (non-hydrogen) atoms. The van der Waals surface area contributed by atoms with Crippen molar-refractivity contribution >= 4 is 11.8 Å². The summed E-state index contributed by atoms with van der Waals surface area (Å²) in [4.78, 5) is 23.0. The van der Waals surface area contributed by atoms with Crippen molar-refractivity contribution < 1.29 is 19.1 Å². The van der Waals surface area contributed by atoms with Crippen molar-refractivity contribution in [3.05, 3.63) is 11.3 Å². The van der Waals surface area contributed by atoms with Crippen LogP contribution in [-0.4, -0.2) is 25.0 Å². The van der Waals surface area contributed by atoms with Gasteiger partial charge in [-0.25, -0.2) is 4.79 Å². The summed E-state index contributed by atoms with van der Waals surface area (Å²) in [5.74, 6) is -0.460. The van der Waals surface area contributed by atoms with E-state index >= 15 is 0 Å². The van der Waals surface area contributed by atoms with E-state index in [1.54, 1.807) is 6.92 Å². The first-order valence-corrected chi connectivity index (χ1v) is 5.62. The van der Waals surface area contributed by atoms with Gasteiger partial charge in [-0.2, -0.15) is 0 Å². The molecule has 0 spiro atoms. The van der Waals surface area contributed by atoms with Crippen LogP contribution in [0.15, 0.2) is 11.3 Å². The molecule has 92 valence electrons.